The van der Waals surface area contributed by atoms with E-state index >= 15 is 0 Å². The molecule has 2 unspecified atom stereocenters. The minimum Gasteiger partial charge on any atom is -0.444 e. The topological polar surface area (TPSA) is 50.4 Å². The Bertz CT molecular complexity index is 483. The lowest BCUT2D eigenvalue weighted by molar-refractivity contribution is 0.0502. The number of benzene rings is 1. The van der Waals surface area contributed by atoms with Crippen LogP contribution in [0, 0.1) is 0 Å². The number of ether oxygens (including phenoxy) is 1. The van der Waals surface area contributed by atoms with Crippen LogP contribution in [0.1, 0.15) is 59.1 Å². The van der Waals surface area contributed by atoms with Crippen LogP contribution in [0.3, 0.4) is 0 Å². The van der Waals surface area contributed by atoms with Gasteiger partial charge < -0.3 is 15.4 Å². The van der Waals surface area contributed by atoms with Crippen molar-refractivity contribution in [1.29, 1.82) is 0 Å². The van der Waals surface area contributed by atoms with E-state index < -0.39 is 5.60 Å². The van der Waals surface area contributed by atoms with Crippen LogP contribution in [-0.4, -0.2) is 24.3 Å². The van der Waals surface area contributed by atoms with Crippen molar-refractivity contribution in [1.82, 2.24) is 10.6 Å². The van der Waals surface area contributed by atoms with E-state index in [9.17, 15) is 4.79 Å². The van der Waals surface area contributed by atoms with Gasteiger partial charge in [0.2, 0.25) is 0 Å². The van der Waals surface area contributed by atoms with Gasteiger partial charge in [0, 0.05) is 23.1 Å². The molecule has 1 amide bonds. The van der Waals surface area contributed by atoms with Crippen molar-refractivity contribution in [3.8, 4) is 0 Å². The molecule has 5 heteroatoms. The number of carbonyl (C=O) groups excluding carboxylic acids is 1. The maximum atomic E-state index is 11.9. The normalized spacial score (nSPS) is 14.2. The lowest BCUT2D eigenvalue weighted by Crippen LogP contribution is -2.44. The monoisotopic (exact) mass is 384 g/mol. The second-order valence-corrected chi connectivity index (χ2v) is 7.59. The van der Waals surface area contributed by atoms with Gasteiger partial charge in [-0.15, -0.1) is 0 Å². The third-order valence-electron chi connectivity index (χ3n) is 3.50. The van der Waals surface area contributed by atoms with Gasteiger partial charge in [0.15, 0.2) is 0 Å². The van der Waals surface area contributed by atoms with Crippen LogP contribution in [0.2, 0.25) is 0 Å². The average molecular weight is 385 g/mol. The van der Waals surface area contributed by atoms with E-state index in [4.69, 9.17) is 4.74 Å². The molecule has 1 rings (SSSR count). The van der Waals surface area contributed by atoms with Crippen LogP contribution >= 0.6 is 15.9 Å². The zero-order chi connectivity index (χ0) is 17.5. The molecule has 0 saturated carbocycles. The summed E-state index contributed by atoms with van der Waals surface area (Å²) >= 11 is 3.46. The first-order valence-electron chi connectivity index (χ1n) is 8.23. The molecule has 0 aliphatic carbocycles. The van der Waals surface area contributed by atoms with E-state index in [0.29, 0.717) is 6.54 Å². The molecule has 23 heavy (non-hydrogen) atoms. The van der Waals surface area contributed by atoms with Crippen molar-refractivity contribution in [3.63, 3.8) is 0 Å². The van der Waals surface area contributed by atoms with E-state index in [0.717, 1.165) is 17.3 Å². The molecule has 0 aliphatic heterocycles. The number of alkyl carbamates (subject to hydrolysis) is 1. The van der Waals surface area contributed by atoms with E-state index in [-0.39, 0.29) is 18.2 Å². The standard InChI is InChI=1S/C18H29BrN2O2/c1-6-15(21-17(22)23-18(3,4)5)12-20-16(7-2)13-8-10-14(19)11-9-13/h8-11,15-16,20H,6-7,12H2,1-5H3,(H,21,22). The molecular formula is C18H29BrN2O2. The van der Waals surface area contributed by atoms with Crippen molar-refractivity contribution in [2.24, 2.45) is 0 Å². The molecule has 0 radical (unpaired) electrons. The Morgan fingerprint density at radius 1 is 1.17 bits per heavy atom. The minimum atomic E-state index is -0.473. The maximum Gasteiger partial charge on any atom is 0.407 e. The fourth-order valence-electron chi connectivity index (χ4n) is 2.25. The first-order chi connectivity index (χ1) is 10.7. The van der Waals surface area contributed by atoms with Gasteiger partial charge in [0.25, 0.3) is 0 Å². The molecule has 130 valence electrons. The van der Waals surface area contributed by atoms with Crippen LogP contribution in [-0.2, 0) is 4.74 Å². The number of hydrogen-bond donors (Lipinski definition) is 2. The molecule has 0 heterocycles. The van der Waals surface area contributed by atoms with Crippen molar-refractivity contribution < 1.29 is 9.53 Å². The molecule has 0 fully saturated rings. The van der Waals surface area contributed by atoms with Gasteiger partial charge in [0.05, 0.1) is 0 Å². The Hall–Kier alpha value is -1.07. The fraction of sp³-hybridized carbons (Fsp3) is 0.611. The molecule has 1 aromatic rings. The summed E-state index contributed by atoms with van der Waals surface area (Å²) in [4.78, 5) is 11.9. The summed E-state index contributed by atoms with van der Waals surface area (Å²) in [5.74, 6) is 0. The molecule has 0 saturated heterocycles. The van der Waals surface area contributed by atoms with Gasteiger partial charge >= 0.3 is 6.09 Å². The predicted molar refractivity (Wildman–Crippen MR) is 98.6 cm³/mol. The number of nitrogens with one attached hydrogen (secondary N) is 2. The van der Waals surface area contributed by atoms with Crippen LogP contribution in [0.4, 0.5) is 4.79 Å². The zero-order valence-electron chi connectivity index (χ0n) is 14.8. The average Bonchev–Trinajstić information content (AvgIpc) is 2.46. The highest BCUT2D eigenvalue weighted by Gasteiger charge is 2.19. The number of amides is 1. The van der Waals surface area contributed by atoms with E-state index in [1.165, 1.54) is 5.56 Å². The Morgan fingerprint density at radius 3 is 2.26 bits per heavy atom. The van der Waals surface area contributed by atoms with Gasteiger partial charge in [-0.25, -0.2) is 4.79 Å². The molecule has 0 aromatic heterocycles. The largest absolute Gasteiger partial charge is 0.444 e. The highest BCUT2D eigenvalue weighted by Crippen LogP contribution is 2.19. The molecule has 4 nitrogen and oxygen atoms in total. The molecule has 2 atom stereocenters. The maximum absolute atomic E-state index is 11.9. The van der Waals surface area contributed by atoms with Gasteiger partial charge in [-0.2, -0.15) is 0 Å². The summed E-state index contributed by atoms with van der Waals surface area (Å²) in [7, 11) is 0. The smallest absolute Gasteiger partial charge is 0.407 e. The molecular weight excluding hydrogens is 356 g/mol. The minimum absolute atomic E-state index is 0.0503. The first kappa shape index (κ1) is 20.0. The van der Waals surface area contributed by atoms with Crippen LogP contribution < -0.4 is 10.6 Å². The van der Waals surface area contributed by atoms with Crippen LogP contribution in [0.15, 0.2) is 28.7 Å². The molecule has 1 aromatic carbocycles. The number of halogens is 1. The number of hydrogen-bond acceptors (Lipinski definition) is 3. The molecule has 0 bridgehead atoms. The summed E-state index contributed by atoms with van der Waals surface area (Å²) in [5.41, 5.74) is 0.780. The van der Waals surface area contributed by atoms with Crippen LogP contribution in [0.25, 0.3) is 0 Å². The van der Waals surface area contributed by atoms with E-state index in [2.05, 4.69) is 64.7 Å². The van der Waals surface area contributed by atoms with E-state index in [1.807, 2.05) is 20.8 Å². The zero-order valence-corrected chi connectivity index (χ0v) is 16.4. The summed E-state index contributed by atoms with van der Waals surface area (Å²) in [6, 6.07) is 8.67. The van der Waals surface area contributed by atoms with Gasteiger partial charge in [-0.1, -0.05) is 41.9 Å². The van der Waals surface area contributed by atoms with Gasteiger partial charge in [0.1, 0.15) is 5.60 Å². The Kier molecular flexibility index (Phi) is 8.06. The summed E-state index contributed by atoms with van der Waals surface area (Å²) < 4.78 is 6.40. The fourth-order valence-corrected chi connectivity index (χ4v) is 2.51. The lowest BCUT2D eigenvalue weighted by Gasteiger charge is -2.25. The Labute approximate surface area is 148 Å². The van der Waals surface area contributed by atoms with Gasteiger partial charge in [-0.05, 0) is 51.3 Å². The van der Waals surface area contributed by atoms with Crippen LogP contribution in [0.5, 0.6) is 0 Å². The molecule has 0 spiro atoms. The van der Waals surface area contributed by atoms with Crippen molar-refractivity contribution in [3.05, 3.63) is 34.3 Å². The second kappa shape index (κ2) is 9.28. The predicted octanol–water partition coefficient (Wildman–Crippen LogP) is 4.79. The third kappa shape index (κ3) is 7.84. The summed E-state index contributed by atoms with van der Waals surface area (Å²) in [6.07, 6.45) is 1.48. The van der Waals surface area contributed by atoms with E-state index in [1.54, 1.807) is 0 Å². The highest BCUT2D eigenvalue weighted by atomic mass is 79.9. The third-order valence-corrected chi connectivity index (χ3v) is 4.03. The highest BCUT2D eigenvalue weighted by molar-refractivity contribution is 9.10. The summed E-state index contributed by atoms with van der Waals surface area (Å²) in [5, 5.41) is 6.47. The molecule has 2 N–H and O–H groups in total. The van der Waals surface area contributed by atoms with Gasteiger partial charge in [-0.3, -0.25) is 0 Å². The Balaban J connectivity index is 2.54. The second-order valence-electron chi connectivity index (χ2n) is 6.67. The van der Waals surface area contributed by atoms with Crippen molar-refractivity contribution >= 4 is 22.0 Å². The lowest BCUT2D eigenvalue weighted by atomic mass is 10.0. The van der Waals surface area contributed by atoms with Crippen molar-refractivity contribution in [2.75, 3.05) is 6.54 Å². The summed E-state index contributed by atoms with van der Waals surface area (Å²) in [6.45, 7) is 10.5. The molecule has 0 aliphatic rings. The first-order valence-corrected chi connectivity index (χ1v) is 9.02. The number of carbonyl (C=O) groups is 1. The quantitative estimate of drug-likeness (QED) is 0.709. The number of rotatable bonds is 7. The van der Waals surface area contributed by atoms with Crippen molar-refractivity contribution in [2.45, 2.75) is 65.1 Å². The Morgan fingerprint density at radius 2 is 1.78 bits per heavy atom. The SMILES string of the molecule is CCC(CNC(CC)c1ccc(Br)cc1)NC(=O)OC(C)(C)C.